The van der Waals surface area contributed by atoms with Crippen LogP contribution in [0.2, 0.25) is 0 Å². The maximum absolute atomic E-state index is 11.8. The number of carbonyl (C=O) groups excluding carboxylic acids is 1. The van der Waals surface area contributed by atoms with Crippen LogP contribution >= 0.6 is 0 Å². The maximum atomic E-state index is 11.8. The van der Waals surface area contributed by atoms with E-state index in [1.54, 1.807) is 13.0 Å². The molecule has 0 saturated heterocycles. The summed E-state index contributed by atoms with van der Waals surface area (Å²) in [6.45, 7) is 4.09. The zero-order chi connectivity index (χ0) is 15.4. The van der Waals surface area contributed by atoms with Crippen LogP contribution in [0, 0.1) is 13.8 Å². The lowest BCUT2D eigenvalue weighted by Crippen LogP contribution is -2.28. The molecule has 2 aromatic rings. The Hall–Kier alpha value is -2.76. The molecule has 0 unspecified atom stereocenters. The highest BCUT2D eigenvalue weighted by molar-refractivity contribution is 5.99. The van der Waals surface area contributed by atoms with E-state index in [9.17, 15) is 9.59 Å². The molecular weight excluding hydrogens is 270 g/mol. The van der Waals surface area contributed by atoms with Gasteiger partial charge in [-0.2, -0.15) is 0 Å². The molecule has 0 radical (unpaired) electrons. The number of benzene rings is 1. The van der Waals surface area contributed by atoms with Gasteiger partial charge in [-0.1, -0.05) is 29.8 Å². The smallest absolute Gasteiger partial charge is 0.354 e. The number of carboxylic acid groups (broad SMARTS) is 1. The van der Waals surface area contributed by atoms with Gasteiger partial charge < -0.3 is 20.7 Å². The Morgan fingerprint density at radius 1 is 1.19 bits per heavy atom. The third-order valence-corrected chi connectivity index (χ3v) is 2.99. The van der Waals surface area contributed by atoms with Crippen molar-refractivity contribution in [3.05, 3.63) is 52.8 Å². The SMILES string of the molecule is Cc1ccc(CNC(=O)Nc2cc(C)[nH]c2C(=O)O)cc1. The van der Waals surface area contributed by atoms with Crippen LogP contribution < -0.4 is 10.6 Å². The van der Waals surface area contributed by atoms with Gasteiger partial charge in [0.2, 0.25) is 0 Å². The number of nitrogens with one attached hydrogen (secondary N) is 3. The number of hydrogen-bond donors (Lipinski definition) is 4. The summed E-state index contributed by atoms with van der Waals surface area (Å²) in [6.07, 6.45) is 0. The summed E-state index contributed by atoms with van der Waals surface area (Å²) in [6, 6.07) is 8.92. The van der Waals surface area contributed by atoms with Crippen molar-refractivity contribution in [3.63, 3.8) is 0 Å². The predicted molar refractivity (Wildman–Crippen MR) is 79.5 cm³/mol. The molecule has 0 aliphatic carbocycles. The fourth-order valence-electron chi connectivity index (χ4n) is 1.91. The van der Waals surface area contributed by atoms with E-state index in [-0.39, 0.29) is 11.4 Å². The molecule has 4 N–H and O–H groups in total. The molecule has 0 fully saturated rings. The van der Waals surface area contributed by atoms with E-state index >= 15 is 0 Å². The average molecular weight is 287 g/mol. The number of carboxylic acids is 1. The minimum atomic E-state index is -1.11. The first-order valence-electron chi connectivity index (χ1n) is 6.49. The van der Waals surface area contributed by atoms with Gasteiger partial charge in [0.25, 0.3) is 0 Å². The van der Waals surface area contributed by atoms with Crippen LogP contribution in [0.4, 0.5) is 10.5 Å². The second-order valence-corrected chi connectivity index (χ2v) is 4.84. The number of aromatic carboxylic acids is 1. The van der Waals surface area contributed by atoms with Crippen molar-refractivity contribution < 1.29 is 14.7 Å². The van der Waals surface area contributed by atoms with Crippen molar-refractivity contribution in [2.75, 3.05) is 5.32 Å². The van der Waals surface area contributed by atoms with Gasteiger partial charge in [0.1, 0.15) is 5.69 Å². The van der Waals surface area contributed by atoms with Crippen LogP contribution in [0.5, 0.6) is 0 Å². The summed E-state index contributed by atoms with van der Waals surface area (Å²) in [5.41, 5.74) is 3.01. The molecule has 0 aliphatic heterocycles. The van der Waals surface area contributed by atoms with E-state index in [0.29, 0.717) is 12.2 Å². The summed E-state index contributed by atoms with van der Waals surface area (Å²) >= 11 is 0. The molecule has 2 amide bonds. The molecule has 1 aromatic heterocycles. The van der Waals surface area contributed by atoms with Gasteiger partial charge in [0, 0.05) is 12.2 Å². The van der Waals surface area contributed by atoms with Crippen LogP contribution in [-0.4, -0.2) is 22.1 Å². The lowest BCUT2D eigenvalue weighted by Gasteiger charge is -2.07. The second-order valence-electron chi connectivity index (χ2n) is 4.84. The lowest BCUT2D eigenvalue weighted by molar-refractivity contribution is 0.0692. The first-order valence-corrected chi connectivity index (χ1v) is 6.49. The number of rotatable bonds is 4. The number of H-pyrrole nitrogens is 1. The van der Waals surface area contributed by atoms with Crippen LogP contribution in [0.15, 0.2) is 30.3 Å². The number of aromatic nitrogens is 1. The third-order valence-electron chi connectivity index (χ3n) is 2.99. The molecule has 1 heterocycles. The van der Waals surface area contributed by atoms with E-state index in [2.05, 4.69) is 15.6 Å². The second kappa shape index (κ2) is 6.13. The summed E-state index contributed by atoms with van der Waals surface area (Å²) in [5, 5.41) is 14.2. The predicted octanol–water partition coefficient (Wildman–Crippen LogP) is 2.65. The molecule has 110 valence electrons. The van der Waals surface area contributed by atoms with E-state index in [4.69, 9.17) is 5.11 Å². The number of anilines is 1. The van der Waals surface area contributed by atoms with Gasteiger partial charge in [0.05, 0.1) is 5.69 Å². The highest BCUT2D eigenvalue weighted by Gasteiger charge is 2.15. The number of aryl methyl sites for hydroxylation is 2. The van der Waals surface area contributed by atoms with E-state index < -0.39 is 12.0 Å². The first-order chi connectivity index (χ1) is 9.95. The van der Waals surface area contributed by atoms with Gasteiger partial charge in [0.15, 0.2) is 0 Å². The molecule has 21 heavy (non-hydrogen) atoms. The minimum Gasteiger partial charge on any atom is -0.477 e. The summed E-state index contributed by atoms with van der Waals surface area (Å²) in [7, 11) is 0. The van der Waals surface area contributed by atoms with Crippen LogP contribution in [0.1, 0.15) is 27.3 Å². The monoisotopic (exact) mass is 287 g/mol. The number of urea groups is 1. The van der Waals surface area contributed by atoms with Gasteiger partial charge in [-0.15, -0.1) is 0 Å². The first kappa shape index (κ1) is 14.6. The van der Waals surface area contributed by atoms with Gasteiger partial charge in [-0.25, -0.2) is 9.59 Å². The Balaban J connectivity index is 1.96. The minimum absolute atomic E-state index is 0.0296. The number of aromatic amines is 1. The van der Waals surface area contributed by atoms with Crippen molar-refractivity contribution in [1.82, 2.24) is 10.3 Å². The zero-order valence-corrected chi connectivity index (χ0v) is 11.9. The fourth-order valence-corrected chi connectivity index (χ4v) is 1.91. The lowest BCUT2D eigenvalue weighted by atomic mass is 10.1. The largest absolute Gasteiger partial charge is 0.477 e. The van der Waals surface area contributed by atoms with Gasteiger partial charge >= 0.3 is 12.0 Å². The average Bonchev–Trinajstić information content (AvgIpc) is 2.79. The molecule has 0 saturated carbocycles. The van der Waals surface area contributed by atoms with E-state index in [0.717, 1.165) is 11.1 Å². The maximum Gasteiger partial charge on any atom is 0.354 e. The van der Waals surface area contributed by atoms with Crippen molar-refractivity contribution >= 4 is 17.7 Å². The van der Waals surface area contributed by atoms with E-state index in [1.807, 2.05) is 31.2 Å². The molecule has 2 rings (SSSR count). The Morgan fingerprint density at radius 3 is 2.48 bits per heavy atom. The van der Waals surface area contributed by atoms with Crippen molar-refractivity contribution in [2.45, 2.75) is 20.4 Å². The Labute approximate surface area is 122 Å². The fraction of sp³-hybridized carbons (Fsp3) is 0.200. The Kier molecular flexibility index (Phi) is 4.27. The van der Waals surface area contributed by atoms with Crippen molar-refractivity contribution in [3.8, 4) is 0 Å². The molecule has 0 bridgehead atoms. The van der Waals surface area contributed by atoms with Gasteiger partial charge in [-0.3, -0.25) is 0 Å². The molecule has 1 aromatic carbocycles. The standard InChI is InChI=1S/C15H17N3O3/c1-9-3-5-11(6-4-9)8-16-15(21)18-12-7-10(2)17-13(12)14(19)20/h3-7,17H,8H2,1-2H3,(H,19,20)(H2,16,18,21). The third kappa shape index (κ3) is 3.85. The summed E-state index contributed by atoms with van der Waals surface area (Å²) < 4.78 is 0. The van der Waals surface area contributed by atoms with Crippen LogP contribution in [0.3, 0.4) is 0 Å². The highest BCUT2D eigenvalue weighted by Crippen LogP contribution is 2.16. The van der Waals surface area contributed by atoms with E-state index in [1.165, 1.54) is 0 Å². The number of carbonyl (C=O) groups is 2. The molecule has 0 atom stereocenters. The number of hydrogen-bond acceptors (Lipinski definition) is 2. The highest BCUT2D eigenvalue weighted by atomic mass is 16.4. The summed E-state index contributed by atoms with van der Waals surface area (Å²) in [4.78, 5) is 25.5. The Morgan fingerprint density at radius 2 is 1.86 bits per heavy atom. The van der Waals surface area contributed by atoms with Crippen molar-refractivity contribution in [1.29, 1.82) is 0 Å². The quantitative estimate of drug-likeness (QED) is 0.696. The number of amides is 2. The molecular formula is C15H17N3O3. The molecule has 6 nitrogen and oxygen atoms in total. The Bertz CT molecular complexity index is 659. The molecule has 0 aliphatic rings. The normalized spacial score (nSPS) is 10.2. The topological polar surface area (TPSA) is 94.2 Å². The van der Waals surface area contributed by atoms with Crippen LogP contribution in [0.25, 0.3) is 0 Å². The van der Waals surface area contributed by atoms with Crippen LogP contribution in [-0.2, 0) is 6.54 Å². The van der Waals surface area contributed by atoms with Gasteiger partial charge in [-0.05, 0) is 25.5 Å². The zero-order valence-electron chi connectivity index (χ0n) is 11.9. The molecule has 6 heteroatoms. The molecule has 0 spiro atoms. The van der Waals surface area contributed by atoms with Crippen molar-refractivity contribution in [2.24, 2.45) is 0 Å². The summed E-state index contributed by atoms with van der Waals surface area (Å²) in [5.74, 6) is -1.11.